The molecule has 0 spiro atoms. The SMILES string of the molecule is CC(CN)CCC(=O)N(CCC(=O)O)C(C)C. The molecule has 1 amide bonds. The van der Waals surface area contributed by atoms with Gasteiger partial charge in [0, 0.05) is 19.0 Å². The highest BCUT2D eigenvalue weighted by Gasteiger charge is 2.18. The fourth-order valence-electron chi connectivity index (χ4n) is 1.52. The van der Waals surface area contributed by atoms with E-state index in [1.165, 1.54) is 0 Å². The van der Waals surface area contributed by atoms with Gasteiger partial charge in [-0.05, 0) is 32.7 Å². The molecule has 0 aliphatic carbocycles. The van der Waals surface area contributed by atoms with Crippen molar-refractivity contribution >= 4 is 11.9 Å². The number of carboxylic acid groups (broad SMARTS) is 1. The molecule has 17 heavy (non-hydrogen) atoms. The second kappa shape index (κ2) is 8.06. The van der Waals surface area contributed by atoms with Crippen LogP contribution in [0.5, 0.6) is 0 Å². The number of hydrogen-bond donors (Lipinski definition) is 2. The smallest absolute Gasteiger partial charge is 0.305 e. The van der Waals surface area contributed by atoms with Crippen molar-refractivity contribution in [2.45, 2.75) is 46.1 Å². The molecular formula is C12H24N2O3. The van der Waals surface area contributed by atoms with Gasteiger partial charge in [-0.2, -0.15) is 0 Å². The van der Waals surface area contributed by atoms with Crippen LogP contribution in [0.1, 0.15) is 40.0 Å². The molecule has 0 aromatic heterocycles. The summed E-state index contributed by atoms with van der Waals surface area (Å²) in [5.41, 5.74) is 5.49. The fourth-order valence-corrected chi connectivity index (χ4v) is 1.52. The Hall–Kier alpha value is -1.10. The van der Waals surface area contributed by atoms with E-state index in [4.69, 9.17) is 10.8 Å². The van der Waals surface area contributed by atoms with Crippen LogP contribution in [0.4, 0.5) is 0 Å². The summed E-state index contributed by atoms with van der Waals surface area (Å²) in [5.74, 6) is -0.534. The number of nitrogens with two attached hydrogens (primary N) is 1. The molecule has 0 aromatic carbocycles. The van der Waals surface area contributed by atoms with E-state index in [2.05, 4.69) is 0 Å². The maximum absolute atomic E-state index is 11.9. The zero-order chi connectivity index (χ0) is 13.4. The third-order valence-electron chi connectivity index (χ3n) is 2.76. The zero-order valence-corrected chi connectivity index (χ0v) is 11.0. The Morgan fingerprint density at radius 1 is 1.24 bits per heavy atom. The monoisotopic (exact) mass is 244 g/mol. The van der Waals surface area contributed by atoms with Crippen LogP contribution in [0, 0.1) is 5.92 Å². The third kappa shape index (κ3) is 6.94. The molecule has 100 valence electrons. The van der Waals surface area contributed by atoms with Crippen LogP contribution in [0.3, 0.4) is 0 Å². The summed E-state index contributed by atoms with van der Waals surface area (Å²) in [6.07, 6.45) is 1.19. The van der Waals surface area contributed by atoms with Crippen LogP contribution in [0.2, 0.25) is 0 Å². The number of amides is 1. The van der Waals surface area contributed by atoms with Crippen LogP contribution in [-0.4, -0.2) is 41.0 Å². The quantitative estimate of drug-likeness (QED) is 0.669. The number of carboxylic acids is 1. The van der Waals surface area contributed by atoms with Crippen molar-refractivity contribution in [1.82, 2.24) is 4.90 Å². The molecule has 1 unspecified atom stereocenters. The first-order valence-electron chi connectivity index (χ1n) is 6.09. The van der Waals surface area contributed by atoms with E-state index < -0.39 is 5.97 Å². The Morgan fingerprint density at radius 2 is 1.82 bits per heavy atom. The van der Waals surface area contributed by atoms with Gasteiger partial charge < -0.3 is 15.7 Å². The maximum Gasteiger partial charge on any atom is 0.305 e. The van der Waals surface area contributed by atoms with Gasteiger partial charge in [0.2, 0.25) is 5.91 Å². The number of hydrogen-bond acceptors (Lipinski definition) is 3. The first-order valence-corrected chi connectivity index (χ1v) is 6.09. The third-order valence-corrected chi connectivity index (χ3v) is 2.76. The molecule has 0 aliphatic rings. The molecule has 3 N–H and O–H groups in total. The van der Waals surface area contributed by atoms with Gasteiger partial charge in [-0.15, -0.1) is 0 Å². The van der Waals surface area contributed by atoms with Crippen LogP contribution in [-0.2, 0) is 9.59 Å². The fraction of sp³-hybridized carbons (Fsp3) is 0.833. The van der Waals surface area contributed by atoms with E-state index in [1.807, 2.05) is 20.8 Å². The van der Waals surface area contributed by atoms with Crippen molar-refractivity contribution in [3.63, 3.8) is 0 Å². The molecule has 0 heterocycles. The van der Waals surface area contributed by atoms with Crippen molar-refractivity contribution in [1.29, 1.82) is 0 Å². The summed E-state index contributed by atoms with van der Waals surface area (Å²) in [5, 5.41) is 8.63. The molecule has 0 radical (unpaired) electrons. The van der Waals surface area contributed by atoms with E-state index in [-0.39, 0.29) is 24.9 Å². The highest BCUT2D eigenvalue weighted by molar-refractivity contribution is 5.77. The maximum atomic E-state index is 11.9. The van der Waals surface area contributed by atoms with Crippen molar-refractivity contribution in [2.75, 3.05) is 13.1 Å². The summed E-state index contributed by atoms with van der Waals surface area (Å²) in [6.45, 7) is 6.65. The summed E-state index contributed by atoms with van der Waals surface area (Å²) < 4.78 is 0. The van der Waals surface area contributed by atoms with Crippen molar-refractivity contribution in [2.24, 2.45) is 11.7 Å². The topological polar surface area (TPSA) is 83.6 Å². The molecule has 0 rings (SSSR count). The first kappa shape index (κ1) is 15.9. The van der Waals surface area contributed by atoms with Crippen molar-refractivity contribution < 1.29 is 14.7 Å². The number of rotatable bonds is 8. The largest absolute Gasteiger partial charge is 0.481 e. The standard InChI is InChI=1S/C12H24N2O3/c1-9(2)14(7-6-12(16)17)11(15)5-4-10(3)8-13/h9-10H,4-8,13H2,1-3H3,(H,16,17). The summed E-state index contributed by atoms with van der Waals surface area (Å²) in [4.78, 5) is 24.0. The molecule has 0 aromatic rings. The highest BCUT2D eigenvalue weighted by Crippen LogP contribution is 2.09. The predicted molar refractivity (Wildman–Crippen MR) is 66.6 cm³/mol. The Kier molecular flexibility index (Phi) is 7.54. The van der Waals surface area contributed by atoms with E-state index >= 15 is 0 Å². The van der Waals surface area contributed by atoms with Crippen molar-refractivity contribution in [3.05, 3.63) is 0 Å². The minimum atomic E-state index is -0.876. The zero-order valence-electron chi connectivity index (χ0n) is 11.0. The van der Waals surface area contributed by atoms with E-state index in [0.717, 1.165) is 6.42 Å². The summed E-state index contributed by atoms with van der Waals surface area (Å²) in [6, 6.07) is 0.0371. The van der Waals surface area contributed by atoms with Crippen LogP contribution < -0.4 is 5.73 Å². The first-order chi connectivity index (χ1) is 7.88. The summed E-state index contributed by atoms with van der Waals surface area (Å²) in [7, 11) is 0. The molecule has 5 heteroatoms. The average Bonchev–Trinajstić information content (AvgIpc) is 2.25. The minimum absolute atomic E-state index is 0.00361. The predicted octanol–water partition coefficient (Wildman–Crippen LogP) is 1.07. The molecular weight excluding hydrogens is 220 g/mol. The Bertz CT molecular complexity index is 254. The Morgan fingerprint density at radius 3 is 2.24 bits per heavy atom. The average molecular weight is 244 g/mol. The molecule has 5 nitrogen and oxygen atoms in total. The molecule has 0 aliphatic heterocycles. The minimum Gasteiger partial charge on any atom is -0.481 e. The van der Waals surface area contributed by atoms with Gasteiger partial charge in [-0.25, -0.2) is 0 Å². The van der Waals surface area contributed by atoms with Crippen LogP contribution in [0.15, 0.2) is 0 Å². The van der Waals surface area contributed by atoms with Gasteiger partial charge >= 0.3 is 5.97 Å². The number of nitrogens with zero attached hydrogens (tertiary/aromatic N) is 1. The summed E-state index contributed by atoms with van der Waals surface area (Å²) >= 11 is 0. The molecule has 0 saturated carbocycles. The number of carbonyl (C=O) groups is 2. The number of carbonyl (C=O) groups excluding carboxylic acids is 1. The van der Waals surface area contributed by atoms with E-state index in [1.54, 1.807) is 4.90 Å². The van der Waals surface area contributed by atoms with Gasteiger partial charge in [0.15, 0.2) is 0 Å². The van der Waals surface area contributed by atoms with Gasteiger partial charge in [0.1, 0.15) is 0 Å². The van der Waals surface area contributed by atoms with Gasteiger partial charge in [0.25, 0.3) is 0 Å². The lowest BCUT2D eigenvalue weighted by Gasteiger charge is -2.26. The van der Waals surface area contributed by atoms with Crippen LogP contribution >= 0.6 is 0 Å². The van der Waals surface area contributed by atoms with Gasteiger partial charge in [0.05, 0.1) is 6.42 Å². The Balaban J connectivity index is 4.20. The second-order valence-corrected chi connectivity index (χ2v) is 4.70. The molecule has 0 saturated heterocycles. The highest BCUT2D eigenvalue weighted by atomic mass is 16.4. The van der Waals surface area contributed by atoms with Gasteiger partial charge in [-0.3, -0.25) is 9.59 Å². The second-order valence-electron chi connectivity index (χ2n) is 4.70. The van der Waals surface area contributed by atoms with E-state index in [9.17, 15) is 9.59 Å². The van der Waals surface area contributed by atoms with Gasteiger partial charge in [-0.1, -0.05) is 6.92 Å². The lowest BCUT2D eigenvalue weighted by atomic mass is 10.1. The normalized spacial score (nSPS) is 12.5. The molecule has 1 atom stereocenters. The number of aliphatic carboxylic acids is 1. The van der Waals surface area contributed by atoms with Crippen molar-refractivity contribution in [3.8, 4) is 0 Å². The van der Waals surface area contributed by atoms with E-state index in [0.29, 0.717) is 18.9 Å². The lowest BCUT2D eigenvalue weighted by molar-refractivity contribution is -0.139. The lowest BCUT2D eigenvalue weighted by Crippen LogP contribution is -2.38. The molecule has 0 bridgehead atoms. The van der Waals surface area contributed by atoms with Crippen LogP contribution in [0.25, 0.3) is 0 Å². The molecule has 0 fully saturated rings. The Labute approximate surface area is 103 Å².